The van der Waals surface area contributed by atoms with Crippen LogP contribution in [0.25, 0.3) is 11.1 Å². The lowest BCUT2D eigenvalue weighted by Gasteiger charge is -2.28. The Bertz CT molecular complexity index is 952. The SMILES string of the molecule is COc1ccccc1-c1cccc(CC2(C(=O)NCCCN3CCCC3=O)CCCO2)c1. The molecule has 2 saturated heterocycles. The zero-order valence-electron chi connectivity index (χ0n) is 18.8. The first-order chi connectivity index (χ1) is 15.6. The van der Waals surface area contributed by atoms with Gasteiger partial charge in [-0.25, -0.2) is 0 Å². The minimum Gasteiger partial charge on any atom is -0.496 e. The Hall–Kier alpha value is -2.86. The summed E-state index contributed by atoms with van der Waals surface area (Å²) in [6.07, 6.45) is 4.47. The van der Waals surface area contributed by atoms with E-state index in [1.807, 2.05) is 35.2 Å². The number of carbonyl (C=O) groups is 2. The molecule has 1 atom stereocenters. The number of amides is 2. The van der Waals surface area contributed by atoms with E-state index in [1.54, 1.807) is 7.11 Å². The minimum atomic E-state index is -0.830. The molecule has 1 N–H and O–H groups in total. The Balaban J connectivity index is 1.41. The second-order valence-electron chi connectivity index (χ2n) is 8.62. The summed E-state index contributed by atoms with van der Waals surface area (Å²) < 4.78 is 11.6. The molecule has 2 aliphatic rings. The van der Waals surface area contributed by atoms with Crippen molar-refractivity contribution in [1.82, 2.24) is 10.2 Å². The van der Waals surface area contributed by atoms with Gasteiger partial charge in [-0.05, 0) is 42.9 Å². The molecule has 2 aromatic carbocycles. The predicted octanol–water partition coefficient (Wildman–Crippen LogP) is 3.58. The standard InChI is InChI=1S/C26H32N2O4/c1-31-23-11-3-2-10-22(23)21-9-4-8-20(18-21)19-26(13-6-17-32-26)25(30)27-14-7-16-28-15-5-12-24(28)29/h2-4,8-11,18H,5-7,12-17,19H2,1H3,(H,27,30). The monoisotopic (exact) mass is 436 g/mol. The van der Waals surface area contributed by atoms with Crippen molar-refractivity contribution in [3.63, 3.8) is 0 Å². The first kappa shape index (κ1) is 22.3. The van der Waals surface area contributed by atoms with Crippen LogP contribution in [0.1, 0.15) is 37.7 Å². The Morgan fingerprint density at radius 1 is 1.19 bits per heavy atom. The van der Waals surface area contributed by atoms with Crippen LogP contribution >= 0.6 is 0 Å². The fourth-order valence-corrected chi connectivity index (χ4v) is 4.73. The van der Waals surface area contributed by atoms with E-state index in [0.29, 0.717) is 39.0 Å². The maximum absolute atomic E-state index is 13.2. The predicted molar refractivity (Wildman–Crippen MR) is 123 cm³/mol. The minimum absolute atomic E-state index is 0.0505. The second-order valence-corrected chi connectivity index (χ2v) is 8.62. The van der Waals surface area contributed by atoms with Crippen LogP contribution in [-0.2, 0) is 20.7 Å². The van der Waals surface area contributed by atoms with Crippen molar-refractivity contribution in [3.05, 3.63) is 54.1 Å². The summed E-state index contributed by atoms with van der Waals surface area (Å²) >= 11 is 0. The molecule has 6 heteroatoms. The normalized spacial score (nSPS) is 20.5. The molecule has 2 aromatic rings. The summed E-state index contributed by atoms with van der Waals surface area (Å²) in [5, 5.41) is 3.07. The molecule has 0 radical (unpaired) electrons. The van der Waals surface area contributed by atoms with E-state index in [9.17, 15) is 9.59 Å². The molecule has 2 fully saturated rings. The van der Waals surface area contributed by atoms with E-state index in [1.165, 1.54) is 0 Å². The summed E-state index contributed by atoms with van der Waals surface area (Å²) in [5.41, 5.74) is 2.32. The maximum atomic E-state index is 13.2. The quantitative estimate of drug-likeness (QED) is 0.610. The van der Waals surface area contributed by atoms with Gasteiger partial charge in [0.1, 0.15) is 5.75 Å². The molecular formula is C26H32N2O4. The van der Waals surface area contributed by atoms with Crippen molar-refractivity contribution >= 4 is 11.8 Å². The van der Waals surface area contributed by atoms with E-state index >= 15 is 0 Å². The van der Waals surface area contributed by atoms with Crippen molar-refractivity contribution in [2.45, 2.75) is 44.1 Å². The summed E-state index contributed by atoms with van der Waals surface area (Å²) in [6, 6.07) is 16.2. The zero-order valence-corrected chi connectivity index (χ0v) is 18.8. The number of nitrogens with zero attached hydrogens (tertiary/aromatic N) is 1. The van der Waals surface area contributed by atoms with Gasteiger partial charge in [0.25, 0.3) is 5.91 Å². The molecule has 0 bridgehead atoms. The van der Waals surface area contributed by atoms with Crippen LogP contribution in [-0.4, -0.2) is 55.7 Å². The highest BCUT2D eigenvalue weighted by Gasteiger charge is 2.42. The highest BCUT2D eigenvalue weighted by Crippen LogP contribution is 2.33. The molecule has 6 nitrogen and oxygen atoms in total. The molecule has 32 heavy (non-hydrogen) atoms. The number of likely N-dealkylation sites (tertiary alicyclic amines) is 1. The lowest BCUT2D eigenvalue weighted by molar-refractivity contribution is -0.141. The smallest absolute Gasteiger partial charge is 0.252 e. The van der Waals surface area contributed by atoms with Crippen molar-refractivity contribution in [1.29, 1.82) is 0 Å². The van der Waals surface area contributed by atoms with Crippen LogP contribution in [0.5, 0.6) is 5.75 Å². The van der Waals surface area contributed by atoms with E-state index in [-0.39, 0.29) is 11.8 Å². The van der Waals surface area contributed by atoms with Gasteiger partial charge in [-0.15, -0.1) is 0 Å². The number of benzene rings is 2. The summed E-state index contributed by atoms with van der Waals surface area (Å²) in [5.74, 6) is 0.998. The molecule has 1 unspecified atom stereocenters. The van der Waals surface area contributed by atoms with Crippen molar-refractivity contribution in [2.75, 3.05) is 33.4 Å². The molecule has 4 rings (SSSR count). The first-order valence-corrected chi connectivity index (χ1v) is 11.5. The van der Waals surface area contributed by atoms with E-state index in [4.69, 9.17) is 9.47 Å². The Kier molecular flexibility index (Phi) is 7.10. The van der Waals surface area contributed by atoms with Gasteiger partial charge in [-0.1, -0.05) is 42.5 Å². The van der Waals surface area contributed by atoms with Gasteiger partial charge < -0.3 is 19.7 Å². The number of ether oxygens (including phenoxy) is 2. The van der Waals surface area contributed by atoms with Crippen LogP contribution < -0.4 is 10.1 Å². The molecule has 0 spiro atoms. The first-order valence-electron chi connectivity index (χ1n) is 11.5. The average molecular weight is 437 g/mol. The van der Waals surface area contributed by atoms with Gasteiger partial charge in [0.05, 0.1) is 7.11 Å². The van der Waals surface area contributed by atoms with Gasteiger partial charge in [0.2, 0.25) is 5.91 Å². The summed E-state index contributed by atoms with van der Waals surface area (Å²) in [7, 11) is 1.67. The van der Waals surface area contributed by atoms with Crippen LogP contribution in [0.3, 0.4) is 0 Å². The third-order valence-electron chi connectivity index (χ3n) is 6.41. The van der Waals surface area contributed by atoms with Crippen molar-refractivity contribution in [2.24, 2.45) is 0 Å². The Labute approximate surface area is 189 Å². The molecule has 0 saturated carbocycles. The molecule has 0 aromatic heterocycles. The van der Waals surface area contributed by atoms with Crippen LogP contribution in [0.4, 0.5) is 0 Å². The molecule has 170 valence electrons. The fraction of sp³-hybridized carbons (Fsp3) is 0.462. The van der Waals surface area contributed by atoms with Crippen LogP contribution in [0, 0.1) is 0 Å². The van der Waals surface area contributed by atoms with E-state index < -0.39 is 5.60 Å². The summed E-state index contributed by atoms with van der Waals surface area (Å²) in [6.45, 7) is 2.69. The van der Waals surface area contributed by atoms with Gasteiger partial charge in [0.15, 0.2) is 5.60 Å². The number of hydrogen-bond acceptors (Lipinski definition) is 4. The van der Waals surface area contributed by atoms with Crippen molar-refractivity contribution in [3.8, 4) is 16.9 Å². The van der Waals surface area contributed by atoms with Gasteiger partial charge in [-0.3, -0.25) is 9.59 Å². The Morgan fingerprint density at radius 2 is 2.06 bits per heavy atom. The van der Waals surface area contributed by atoms with Gasteiger partial charge in [0, 0.05) is 44.6 Å². The van der Waals surface area contributed by atoms with E-state index in [2.05, 4.69) is 23.5 Å². The van der Waals surface area contributed by atoms with Gasteiger partial charge in [-0.2, -0.15) is 0 Å². The molecule has 0 aliphatic carbocycles. The molecule has 2 amide bonds. The number of nitrogens with one attached hydrogen (secondary N) is 1. The lowest BCUT2D eigenvalue weighted by atomic mass is 9.89. The largest absolute Gasteiger partial charge is 0.496 e. The van der Waals surface area contributed by atoms with Gasteiger partial charge >= 0.3 is 0 Å². The average Bonchev–Trinajstić information content (AvgIpc) is 3.46. The summed E-state index contributed by atoms with van der Waals surface area (Å²) in [4.78, 5) is 26.8. The second kappa shape index (κ2) is 10.2. The zero-order chi connectivity index (χ0) is 22.4. The number of rotatable bonds is 9. The topological polar surface area (TPSA) is 67.9 Å². The van der Waals surface area contributed by atoms with Crippen LogP contribution in [0.15, 0.2) is 48.5 Å². The molecule has 2 heterocycles. The number of methoxy groups -OCH3 is 1. The molecule has 2 aliphatic heterocycles. The number of carbonyl (C=O) groups excluding carboxylic acids is 2. The highest BCUT2D eigenvalue weighted by molar-refractivity contribution is 5.86. The number of hydrogen-bond donors (Lipinski definition) is 1. The van der Waals surface area contributed by atoms with Crippen molar-refractivity contribution < 1.29 is 19.1 Å². The Morgan fingerprint density at radius 3 is 2.81 bits per heavy atom. The highest BCUT2D eigenvalue weighted by atomic mass is 16.5. The number of para-hydroxylation sites is 1. The van der Waals surface area contributed by atoms with E-state index in [0.717, 1.165) is 48.2 Å². The lowest BCUT2D eigenvalue weighted by Crippen LogP contribution is -2.48. The van der Waals surface area contributed by atoms with Crippen LogP contribution in [0.2, 0.25) is 0 Å². The third-order valence-corrected chi connectivity index (χ3v) is 6.41. The molecular weight excluding hydrogens is 404 g/mol. The maximum Gasteiger partial charge on any atom is 0.252 e. The fourth-order valence-electron chi connectivity index (χ4n) is 4.73. The third kappa shape index (κ3) is 4.96.